The van der Waals surface area contributed by atoms with E-state index < -0.39 is 33.4 Å². The fourth-order valence-corrected chi connectivity index (χ4v) is 6.74. The second-order valence-electron chi connectivity index (χ2n) is 10.4. The molecule has 1 aliphatic rings. The Labute approximate surface area is 260 Å². The Hall–Kier alpha value is -3.67. The quantitative estimate of drug-likeness (QED) is 0.202. The molecule has 0 aromatic heterocycles. The summed E-state index contributed by atoms with van der Waals surface area (Å²) in [6, 6.07) is 16.3. The van der Waals surface area contributed by atoms with Crippen LogP contribution in [0.15, 0.2) is 77.7 Å². The second kappa shape index (κ2) is 14.2. The van der Waals surface area contributed by atoms with Crippen LogP contribution in [-0.4, -0.2) is 48.7 Å². The molecule has 3 aromatic carbocycles. The van der Waals surface area contributed by atoms with Crippen molar-refractivity contribution in [2.45, 2.75) is 62.6 Å². The molecule has 0 aliphatic heterocycles. The van der Waals surface area contributed by atoms with Crippen LogP contribution in [0, 0.1) is 10.1 Å². The average molecular weight is 648 g/mol. The molecule has 2 amide bonds. The van der Waals surface area contributed by atoms with Gasteiger partial charge in [-0.2, -0.15) is 0 Å². The van der Waals surface area contributed by atoms with E-state index in [1.54, 1.807) is 31.2 Å². The number of benzene rings is 3. The predicted molar refractivity (Wildman–Crippen MR) is 166 cm³/mol. The first-order chi connectivity index (χ1) is 20.5. The van der Waals surface area contributed by atoms with Crippen LogP contribution in [0.5, 0.6) is 0 Å². The van der Waals surface area contributed by atoms with Gasteiger partial charge in [-0.05, 0) is 55.7 Å². The first kappa shape index (κ1) is 32.2. The SMILES string of the molecule is CC(C(=O)NC1CCCCC1)N(Cc1ccc(Cl)c(Cl)c1)C(=O)CN(c1cccc([N+](=O)[O-])c1)S(=O)(=O)c1ccccc1. The number of amides is 2. The first-order valence-electron chi connectivity index (χ1n) is 13.8. The summed E-state index contributed by atoms with van der Waals surface area (Å²) >= 11 is 12.3. The van der Waals surface area contributed by atoms with Gasteiger partial charge >= 0.3 is 0 Å². The minimum Gasteiger partial charge on any atom is -0.352 e. The molecule has 0 bridgehead atoms. The molecule has 3 aromatic rings. The van der Waals surface area contributed by atoms with Gasteiger partial charge in [0.05, 0.1) is 25.6 Å². The number of nitrogens with zero attached hydrogens (tertiary/aromatic N) is 3. The fourth-order valence-electron chi connectivity index (χ4n) is 5.00. The standard InChI is InChI=1S/C30H32Cl2N4O6S/c1-21(30(38)33-23-9-4-2-5-10-23)34(19-22-15-16-27(31)28(32)17-22)29(37)20-35(24-11-8-12-25(18-24)36(39)40)43(41,42)26-13-6-3-7-14-26/h3,6-8,11-18,21,23H,2,4-5,9-10,19-20H2,1H3,(H,33,38). The van der Waals surface area contributed by atoms with E-state index in [0.29, 0.717) is 10.6 Å². The van der Waals surface area contributed by atoms with Gasteiger partial charge in [0.1, 0.15) is 12.6 Å². The molecule has 1 unspecified atom stereocenters. The number of hydrogen-bond acceptors (Lipinski definition) is 6. The van der Waals surface area contributed by atoms with Crippen molar-refractivity contribution in [3.05, 3.63) is 98.5 Å². The molecule has 1 aliphatic carbocycles. The van der Waals surface area contributed by atoms with Crippen LogP contribution in [0.25, 0.3) is 0 Å². The number of carbonyl (C=O) groups excluding carboxylic acids is 2. The van der Waals surface area contributed by atoms with Gasteiger partial charge in [-0.25, -0.2) is 8.42 Å². The molecule has 4 rings (SSSR count). The Balaban J connectivity index is 1.71. The number of rotatable bonds is 11. The zero-order chi connectivity index (χ0) is 31.1. The zero-order valence-electron chi connectivity index (χ0n) is 23.5. The molecule has 1 fully saturated rings. The van der Waals surface area contributed by atoms with Gasteiger partial charge < -0.3 is 10.2 Å². The smallest absolute Gasteiger partial charge is 0.271 e. The summed E-state index contributed by atoms with van der Waals surface area (Å²) in [7, 11) is -4.35. The Morgan fingerprint density at radius 2 is 1.67 bits per heavy atom. The van der Waals surface area contributed by atoms with E-state index in [1.165, 1.54) is 47.4 Å². The third-order valence-electron chi connectivity index (χ3n) is 7.39. The van der Waals surface area contributed by atoms with E-state index in [9.17, 15) is 28.1 Å². The number of hydrogen-bond donors (Lipinski definition) is 1. The molecule has 43 heavy (non-hydrogen) atoms. The molecular formula is C30H32Cl2N4O6S. The van der Waals surface area contributed by atoms with Crippen molar-refractivity contribution >= 4 is 56.4 Å². The maximum absolute atomic E-state index is 14.1. The summed E-state index contributed by atoms with van der Waals surface area (Å²) < 4.78 is 28.5. The van der Waals surface area contributed by atoms with Crippen LogP contribution < -0.4 is 9.62 Å². The monoisotopic (exact) mass is 646 g/mol. The lowest BCUT2D eigenvalue weighted by Gasteiger charge is -2.33. The third kappa shape index (κ3) is 8.04. The van der Waals surface area contributed by atoms with Crippen molar-refractivity contribution in [3.63, 3.8) is 0 Å². The van der Waals surface area contributed by atoms with E-state index in [1.807, 2.05) is 0 Å². The molecule has 228 valence electrons. The highest BCUT2D eigenvalue weighted by Gasteiger charge is 2.33. The first-order valence-corrected chi connectivity index (χ1v) is 16.0. The van der Waals surface area contributed by atoms with Crippen molar-refractivity contribution in [1.29, 1.82) is 0 Å². The highest BCUT2D eigenvalue weighted by molar-refractivity contribution is 7.92. The van der Waals surface area contributed by atoms with E-state index in [-0.39, 0.29) is 39.8 Å². The third-order valence-corrected chi connectivity index (χ3v) is 9.92. The number of sulfonamides is 1. The number of anilines is 1. The van der Waals surface area contributed by atoms with Gasteiger partial charge in [0.25, 0.3) is 15.7 Å². The van der Waals surface area contributed by atoms with Gasteiger partial charge in [0, 0.05) is 24.7 Å². The lowest BCUT2D eigenvalue weighted by Crippen LogP contribution is -2.53. The molecule has 13 heteroatoms. The maximum Gasteiger partial charge on any atom is 0.271 e. The number of carbonyl (C=O) groups is 2. The molecule has 1 atom stereocenters. The normalized spacial score (nSPS) is 14.5. The Morgan fingerprint density at radius 3 is 2.33 bits per heavy atom. The molecule has 1 saturated carbocycles. The van der Waals surface area contributed by atoms with Gasteiger partial charge in [-0.1, -0.05) is 72.8 Å². The van der Waals surface area contributed by atoms with Gasteiger partial charge in [0.2, 0.25) is 11.8 Å². The van der Waals surface area contributed by atoms with Crippen LogP contribution in [0.4, 0.5) is 11.4 Å². The largest absolute Gasteiger partial charge is 0.352 e. The molecule has 0 spiro atoms. The van der Waals surface area contributed by atoms with Crippen molar-refractivity contribution < 1.29 is 22.9 Å². The number of nitro groups is 1. The molecule has 0 radical (unpaired) electrons. The highest BCUT2D eigenvalue weighted by Crippen LogP contribution is 2.28. The Morgan fingerprint density at radius 1 is 0.977 bits per heavy atom. The summed E-state index contributed by atoms with van der Waals surface area (Å²) in [5.74, 6) is -1.06. The lowest BCUT2D eigenvalue weighted by atomic mass is 9.95. The Bertz CT molecular complexity index is 1580. The number of non-ortho nitro benzene ring substituents is 1. The van der Waals surface area contributed by atoms with E-state index in [0.717, 1.165) is 42.5 Å². The lowest BCUT2D eigenvalue weighted by molar-refractivity contribution is -0.384. The summed E-state index contributed by atoms with van der Waals surface area (Å²) in [5, 5.41) is 15.1. The average Bonchev–Trinajstić information content (AvgIpc) is 3.00. The van der Waals surface area contributed by atoms with Crippen molar-refractivity contribution in [2.24, 2.45) is 0 Å². The molecule has 0 saturated heterocycles. The van der Waals surface area contributed by atoms with Crippen LogP contribution in [0.3, 0.4) is 0 Å². The summed E-state index contributed by atoms with van der Waals surface area (Å²) in [6.07, 6.45) is 4.79. The van der Waals surface area contributed by atoms with Crippen molar-refractivity contribution in [1.82, 2.24) is 10.2 Å². The van der Waals surface area contributed by atoms with E-state index in [4.69, 9.17) is 23.2 Å². The minimum absolute atomic E-state index is 0.00884. The topological polar surface area (TPSA) is 130 Å². The fraction of sp³-hybridized carbons (Fsp3) is 0.333. The molecular weight excluding hydrogens is 615 g/mol. The zero-order valence-corrected chi connectivity index (χ0v) is 25.8. The summed E-state index contributed by atoms with van der Waals surface area (Å²) in [5.41, 5.74) is 0.166. The van der Waals surface area contributed by atoms with Crippen LogP contribution in [0.1, 0.15) is 44.6 Å². The molecule has 0 heterocycles. The number of halogens is 2. The van der Waals surface area contributed by atoms with Gasteiger partial charge in [0.15, 0.2) is 0 Å². The van der Waals surface area contributed by atoms with Crippen LogP contribution in [-0.2, 0) is 26.2 Å². The second-order valence-corrected chi connectivity index (χ2v) is 13.1. The maximum atomic E-state index is 14.1. The predicted octanol–water partition coefficient (Wildman–Crippen LogP) is 5.96. The minimum atomic E-state index is -4.35. The van der Waals surface area contributed by atoms with Crippen LogP contribution in [0.2, 0.25) is 10.0 Å². The van der Waals surface area contributed by atoms with Gasteiger partial charge in [-0.3, -0.25) is 24.0 Å². The van der Waals surface area contributed by atoms with Crippen molar-refractivity contribution in [3.8, 4) is 0 Å². The van der Waals surface area contributed by atoms with Crippen molar-refractivity contribution in [2.75, 3.05) is 10.8 Å². The number of nitro benzene ring substituents is 1. The highest BCUT2D eigenvalue weighted by atomic mass is 35.5. The molecule has 10 nitrogen and oxygen atoms in total. The van der Waals surface area contributed by atoms with Gasteiger partial charge in [-0.15, -0.1) is 0 Å². The summed E-state index contributed by atoms with van der Waals surface area (Å²) in [4.78, 5) is 39.5. The number of nitrogens with one attached hydrogen (secondary N) is 1. The molecule has 1 N–H and O–H groups in total. The van der Waals surface area contributed by atoms with Crippen LogP contribution >= 0.6 is 23.2 Å². The van der Waals surface area contributed by atoms with E-state index in [2.05, 4.69) is 5.32 Å². The Kier molecular flexibility index (Phi) is 10.6. The van der Waals surface area contributed by atoms with E-state index >= 15 is 0 Å². The summed E-state index contributed by atoms with van der Waals surface area (Å²) in [6.45, 7) is 0.793.